The van der Waals surface area contributed by atoms with Crippen LogP contribution in [0.3, 0.4) is 0 Å². The van der Waals surface area contributed by atoms with E-state index in [1.54, 1.807) is 12.1 Å². The summed E-state index contributed by atoms with van der Waals surface area (Å²) in [6.45, 7) is 7.51. The number of hydrogen-bond acceptors (Lipinski definition) is 2. The summed E-state index contributed by atoms with van der Waals surface area (Å²) >= 11 is 0. The van der Waals surface area contributed by atoms with E-state index in [1.807, 2.05) is 12.1 Å². The third kappa shape index (κ3) is 3.53. The van der Waals surface area contributed by atoms with Gasteiger partial charge in [0.25, 0.3) is 0 Å². The molecular formula is C15H23FN2. The first-order valence-electron chi connectivity index (χ1n) is 6.78. The van der Waals surface area contributed by atoms with E-state index in [1.165, 1.54) is 18.4 Å². The molecule has 0 spiro atoms. The average molecular weight is 250 g/mol. The van der Waals surface area contributed by atoms with Gasteiger partial charge in [0.05, 0.1) is 0 Å². The molecular weight excluding hydrogens is 227 g/mol. The Balaban J connectivity index is 1.91. The van der Waals surface area contributed by atoms with Crippen molar-refractivity contribution < 1.29 is 4.39 Å². The predicted molar refractivity (Wildman–Crippen MR) is 73.3 cm³/mol. The van der Waals surface area contributed by atoms with E-state index in [0.717, 1.165) is 19.6 Å². The van der Waals surface area contributed by atoms with Crippen LogP contribution in [0.1, 0.15) is 32.3 Å². The number of piperidine rings is 1. The second kappa shape index (κ2) is 5.81. The molecule has 0 amide bonds. The van der Waals surface area contributed by atoms with Gasteiger partial charge in [0.1, 0.15) is 5.82 Å². The Morgan fingerprint density at radius 1 is 1.33 bits per heavy atom. The molecule has 1 atom stereocenters. The standard InChI is InChI=1S/C15H23FN2/c1-15(2,12-5-7-13(16)8-6-12)11-18-14-4-3-9-17-10-14/h5-8,14,17-18H,3-4,9-11H2,1-2H3. The molecule has 1 aliphatic heterocycles. The summed E-state index contributed by atoms with van der Waals surface area (Å²) in [5.74, 6) is -0.168. The Kier molecular flexibility index (Phi) is 4.36. The third-order valence-corrected chi connectivity index (χ3v) is 3.76. The lowest BCUT2D eigenvalue weighted by Gasteiger charge is -2.31. The summed E-state index contributed by atoms with van der Waals surface area (Å²) in [6.07, 6.45) is 2.49. The molecule has 0 aliphatic carbocycles. The van der Waals surface area contributed by atoms with Gasteiger partial charge in [-0.05, 0) is 37.1 Å². The summed E-state index contributed by atoms with van der Waals surface area (Å²) in [7, 11) is 0. The van der Waals surface area contributed by atoms with Crippen molar-refractivity contribution >= 4 is 0 Å². The van der Waals surface area contributed by atoms with Gasteiger partial charge in [0.2, 0.25) is 0 Å². The van der Waals surface area contributed by atoms with Crippen LogP contribution in [-0.2, 0) is 5.41 Å². The van der Waals surface area contributed by atoms with Crippen LogP contribution in [0.25, 0.3) is 0 Å². The second-order valence-electron chi connectivity index (χ2n) is 5.81. The number of nitrogens with one attached hydrogen (secondary N) is 2. The molecule has 100 valence electrons. The molecule has 1 fully saturated rings. The zero-order chi connectivity index (χ0) is 13.0. The summed E-state index contributed by atoms with van der Waals surface area (Å²) in [5.41, 5.74) is 1.21. The van der Waals surface area contributed by atoms with Crippen LogP contribution in [-0.4, -0.2) is 25.7 Å². The van der Waals surface area contributed by atoms with Crippen LogP contribution in [0.2, 0.25) is 0 Å². The monoisotopic (exact) mass is 250 g/mol. The first kappa shape index (κ1) is 13.5. The molecule has 0 aromatic heterocycles. The first-order valence-corrected chi connectivity index (χ1v) is 6.78. The Hall–Kier alpha value is -0.930. The van der Waals surface area contributed by atoms with E-state index in [2.05, 4.69) is 24.5 Å². The predicted octanol–water partition coefficient (Wildman–Crippen LogP) is 2.44. The van der Waals surface area contributed by atoms with Gasteiger partial charge in [-0.2, -0.15) is 0 Å². The lowest BCUT2D eigenvalue weighted by molar-refractivity contribution is 0.354. The van der Waals surface area contributed by atoms with Crippen LogP contribution in [0.15, 0.2) is 24.3 Å². The van der Waals surface area contributed by atoms with Crippen molar-refractivity contribution in [3.63, 3.8) is 0 Å². The molecule has 2 nitrogen and oxygen atoms in total. The van der Waals surface area contributed by atoms with Crippen molar-refractivity contribution in [2.45, 2.75) is 38.1 Å². The van der Waals surface area contributed by atoms with Crippen molar-refractivity contribution in [3.05, 3.63) is 35.6 Å². The van der Waals surface area contributed by atoms with E-state index in [0.29, 0.717) is 6.04 Å². The van der Waals surface area contributed by atoms with Gasteiger partial charge < -0.3 is 10.6 Å². The summed E-state index contributed by atoms with van der Waals surface area (Å²) in [5, 5.41) is 7.02. The molecule has 1 unspecified atom stereocenters. The lowest BCUT2D eigenvalue weighted by atomic mass is 9.84. The molecule has 0 saturated carbocycles. The van der Waals surface area contributed by atoms with Gasteiger partial charge in [0.15, 0.2) is 0 Å². The summed E-state index contributed by atoms with van der Waals surface area (Å²) in [6, 6.07) is 7.42. The van der Waals surface area contributed by atoms with Crippen molar-refractivity contribution in [2.75, 3.05) is 19.6 Å². The van der Waals surface area contributed by atoms with Crippen LogP contribution < -0.4 is 10.6 Å². The van der Waals surface area contributed by atoms with Gasteiger partial charge in [-0.15, -0.1) is 0 Å². The number of halogens is 1. The smallest absolute Gasteiger partial charge is 0.123 e. The minimum Gasteiger partial charge on any atom is -0.315 e. The van der Waals surface area contributed by atoms with Crippen LogP contribution in [0.4, 0.5) is 4.39 Å². The van der Waals surface area contributed by atoms with Crippen molar-refractivity contribution in [2.24, 2.45) is 0 Å². The maximum atomic E-state index is 12.9. The number of rotatable bonds is 4. The van der Waals surface area contributed by atoms with Gasteiger partial charge in [-0.1, -0.05) is 26.0 Å². The molecule has 1 aliphatic rings. The molecule has 1 heterocycles. The van der Waals surface area contributed by atoms with E-state index >= 15 is 0 Å². The molecule has 0 bridgehead atoms. The van der Waals surface area contributed by atoms with E-state index in [9.17, 15) is 4.39 Å². The molecule has 2 rings (SSSR count). The maximum absolute atomic E-state index is 12.9. The summed E-state index contributed by atoms with van der Waals surface area (Å²) < 4.78 is 12.9. The Bertz CT molecular complexity index is 367. The maximum Gasteiger partial charge on any atom is 0.123 e. The van der Waals surface area contributed by atoms with E-state index < -0.39 is 0 Å². The fourth-order valence-corrected chi connectivity index (χ4v) is 2.43. The number of benzene rings is 1. The Morgan fingerprint density at radius 2 is 2.06 bits per heavy atom. The van der Waals surface area contributed by atoms with Crippen LogP contribution >= 0.6 is 0 Å². The van der Waals surface area contributed by atoms with Gasteiger partial charge >= 0.3 is 0 Å². The first-order chi connectivity index (χ1) is 8.58. The topological polar surface area (TPSA) is 24.1 Å². The van der Waals surface area contributed by atoms with E-state index in [-0.39, 0.29) is 11.2 Å². The van der Waals surface area contributed by atoms with Gasteiger partial charge in [-0.25, -0.2) is 4.39 Å². The third-order valence-electron chi connectivity index (χ3n) is 3.76. The zero-order valence-electron chi connectivity index (χ0n) is 11.3. The van der Waals surface area contributed by atoms with Crippen LogP contribution in [0.5, 0.6) is 0 Å². The highest BCUT2D eigenvalue weighted by Gasteiger charge is 2.22. The molecule has 3 heteroatoms. The summed E-state index contributed by atoms with van der Waals surface area (Å²) in [4.78, 5) is 0. The van der Waals surface area contributed by atoms with Gasteiger partial charge in [-0.3, -0.25) is 0 Å². The van der Waals surface area contributed by atoms with Crippen molar-refractivity contribution in [1.29, 1.82) is 0 Å². The molecule has 18 heavy (non-hydrogen) atoms. The minimum absolute atomic E-state index is 0.0329. The second-order valence-corrected chi connectivity index (χ2v) is 5.81. The molecule has 0 radical (unpaired) electrons. The SMILES string of the molecule is CC(C)(CNC1CCCNC1)c1ccc(F)cc1. The quantitative estimate of drug-likeness (QED) is 0.857. The fraction of sp³-hybridized carbons (Fsp3) is 0.600. The Labute approximate surface area is 109 Å². The largest absolute Gasteiger partial charge is 0.315 e. The highest BCUT2D eigenvalue weighted by molar-refractivity contribution is 5.24. The van der Waals surface area contributed by atoms with Crippen LogP contribution in [0, 0.1) is 5.82 Å². The zero-order valence-corrected chi connectivity index (χ0v) is 11.3. The molecule has 1 aromatic rings. The normalized spacial score (nSPS) is 20.9. The number of hydrogen-bond donors (Lipinski definition) is 2. The highest BCUT2D eigenvalue weighted by atomic mass is 19.1. The highest BCUT2D eigenvalue weighted by Crippen LogP contribution is 2.22. The van der Waals surface area contributed by atoms with Gasteiger partial charge in [0, 0.05) is 24.5 Å². The molecule has 2 N–H and O–H groups in total. The molecule has 1 saturated heterocycles. The van der Waals surface area contributed by atoms with Crippen molar-refractivity contribution in [1.82, 2.24) is 10.6 Å². The molecule has 1 aromatic carbocycles. The van der Waals surface area contributed by atoms with E-state index in [4.69, 9.17) is 0 Å². The fourth-order valence-electron chi connectivity index (χ4n) is 2.43. The van der Waals surface area contributed by atoms with Crippen molar-refractivity contribution in [3.8, 4) is 0 Å². The lowest BCUT2D eigenvalue weighted by Crippen LogP contribution is -2.47. The minimum atomic E-state index is -0.168. The average Bonchev–Trinajstić information content (AvgIpc) is 2.38. The Morgan fingerprint density at radius 3 is 2.67 bits per heavy atom.